The summed E-state index contributed by atoms with van der Waals surface area (Å²) in [5, 5.41) is 9.11. The topological polar surface area (TPSA) is 80.6 Å². The fourth-order valence-corrected chi connectivity index (χ4v) is 5.91. The van der Waals surface area contributed by atoms with Crippen molar-refractivity contribution in [3.05, 3.63) is 70.0 Å². The molecule has 0 radical (unpaired) electrons. The number of aliphatic carboxylic acids is 1. The summed E-state index contributed by atoms with van der Waals surface area (Å²) in [6.07, 6.45) is -1.47. The fraction of sp³-hybridized carbons (Fsp3) is 0.429. The Morgan fingerprint density at radius 2 is 2.03 bits per heavy atom. The molecule has 1 unspecified atom stereocenters. The van der Waals surface area contributed by atoms with Crippen molar-refractivity contribution in [3.63, 3.8) is 0 Å². The molecule has 2 aromatic rings. The van der Waals surface area contributed by atoms with Gasteiger partial charge in [0.05, 0.1) is 18.6 Å². The molecule has 0 bridgehead atoms. The van der Waals surface area contributed by atoms with E-state index in [-0.39, 0.29) is 36.7 Å². The molecule has 7 nitrogen and oxygen atoms in total. The molecule has 10 heteroatoms. The van der Waals surface area contributed by atoms with Gasteiger partial charge in [0.1, 0.15) is 29.4 Å². The van der Waals surface area contributed by atoms with Gasteiger partial charge >= 0.3 is 12.1 Å². The van der Waals surface area contributed by atoms with Crippen molar-refractivity contribution in [2.75, 3.05) is 13.2 Å². The van der Waals surface area contributed by atoms with Crippen molar-refractivity contribution in [2.45, 2.75) is 63.5 Å². The second kappa shape index (κ2) is 9.25. The molecule has 0 spiro atoms. The molecule has 0 fully saturated rings. The molecule has 1 aliphatic carbocycles. The minimum absolute atomic E-state index is 0.0130. The van der Waals surface area contributed by atoms with Crippen molar-refractivity contribution in [3.8, 4) is 11.5 Å². The summed E-state index contributed by atoms with van der Waals surface area (Å²) >= 11 is 0. The van der Waals surface area contributed by atoms with Gasteiger partial charge in [-0.3, -0.25) is 4.79 Å². The molecule has 3 aliphatic heterocycles. The van der Waals surface area contributed by atoms with E-state index in [0.717, 1.165) is 16.8 Å². The summed E-state index contributed by atoms with van der Waals surface area (Å²) in [6, 6.07) is 8.03. The van der Waals surface area contributed by atoms with Gasteiger partial charge in [-0.25, -0.2) is 4.99 Å². The molecular formula is C28H27F3N2O5. The molecule has 0 amide bonds. The molecular weight excluding hydrogens is 501 g/mol. The Hall–Kier alpha value is -3.69. The smallest absolute Gasteiger partial charge is 0.416 e. The van der Waals surface area contributed by atoms with E-state index in [1.165, 1.54) is 12.1 Å². The Morgan fingerprint density at radius 3 is 2.82 bits per heavy atom. The predicted octanol–water partition coefficient (Wildman–Crippen LogP) is 5.59. The van der Waals surface area contributed by atoms with E-state index in [0.29, 0.717) is 55.4 Å². The molecule has 3 heterocycles. The van der Waals surface area contributed by atoms with Crippen LogP contribution in [0.3, 0.4) is 0 Å². The van der Waals surface area contributed by atoms with Crippen LogP contribution in [0.1, 0.15) is 66.0 Å². The summed E-state index contributed by atoms with van der Waals surface area (Å²) in [7, 11) is 0. The van der Waals surface area contributed by atoms with Crippen molar-refractivity contribution in [1.29, 1.82) is 0 Å². The summed E-state index contributed by atoms with van der Waals surface area (Å²) in [4.78, 5) is 17.4. The Kier molecular flexibility index (Phi) is 6.00. The second-order valence-corrected chi connectivity index (χ2v) is 10.2. The zero-order chi connectivity index (χ0) is 26.6. The molecule has 0 saturated carbocycles. The average molecular weight is 529 g/mol. The first kappa shape index (κ1) is 24.6. The van der Waals surface area contributed by atoms with Gasteiger partial charge in [-0.1, -0.05) is 12.1 Å². The van der Waals surface area contributed by atoms with Crippen molar-refractivity contribution in [1.82, 2.24) is 4.90 Å². The Labute approximate surface area is 217 Å². The minimum atomic E-state index is -4.47. The van der Waals surface area contributed by atoms with E-state index in [4.69, 9.17) is 19.3 Å². The van der Waals surface area contributed by atoms with Crippen molar-refractivity contribution >= 4 is 11.9 Å². The highest BCUT2D eigenvalue weighted by Gasteiger charge is 2.39. The van der Waals surface area contributed by atoms with Crippen LogP contribution in [-0.4, -0.2) is 41.1 Å². The molecule has 0 aromatic heterocycles. The maximum absolute atomic E-state index is 14.1. The number of carboxylic acids is 1. The minimum Gasteiger partial charge on any atom is -0.492 e. The summed E-state index contributed by atoms with van der Waals surface area (Å²) in [6.45, 7) is 2.78. The number of fused-ring (bicyclic) bond motifs is 3. The fourth-order valence-electron chi connectivity index (χ4n) is 5.91. The van der Waals surface area contributed by atoms with Gasteiger partial charge in [0, 0.05) is 50.2 Å². The van der Waals surface area contributed by atoms with E-state index in [9.17, 15) is 18.0 Å². The summed E-state index contributed by atoms with van der Waals surface area (Å²) in [5.74, 6) is 0.612. The van der Waals surface area contributed by atoms with Crippen LogP contribution in [0.15, 0.2) is 47.2 Å². The lowest BCUT2D eigenvalue weighted by Crippen LogP contribution is -2.30. The van der Waals surface area contributed by atoms with Crippen LogP contribution in [-0.2, 0) is 28.7 Å². The lowest BCUT2D eigenvalue weighted by Gasteiger charge is -2.29. The number of ether oxygens (including phenoxy) is 3. The number of hydrogen-bond acceptors (Lipinski definition) is 6. The van der Waals surface area contributed by atoms with Crippen molar-refractivity contribution in [2.24, 2.45) is 4.99 Å². The van der Waals surface area contributed by atoms with Gasteiger partial charge in [-0.05, 0) is 41.7 Å². The highest BCUT2D eigenvalue weighted by Crippen LogP contribution is 2.44. The lowest BCUT2D eigenvalue weighted by molar-refractivity contribution is -0.139. The number of rotatable bonds is 6. The maximum Gasteiger partial charge on any atom is 0.416 e. The van der Waals surface area contributed by atoms with Gasteiger partial charge in [0.25, 0.3) is 0 Å². The van der Waals surface area contributed by atoms with Crippen LogP contribution < -0.4 is 9.47 Å². The molecule has 6 rings (SSSR count). The molecule has 38 heavy (non-hydrogen) atoms. The van der Waals surface area contributed by atoms with E-state index < -0.39 is 17.7 Å². The number of carbonyl (C=O) groups is 1. The number of aliphatic imine (C=N–C) groups is 1. The highest BCUT2D eigenvalue weighted by molar-refractivity contribution is 5.77. The zero-order valence-electron chi connectivity index (χ0n) is 20.8. The Bertz CT molecular complexity index is 1350. The molecule has 1 N–H and O–H groups in total. The molecule has 4 aliphatic rings. The average Bonchev–Trinajstić information content (AvgIpc) is 3.54. The first-order chi connectivity index (χ1) is 18.2. The second-order valence-electron chi connectivity index (χ2n) is 10.2. The first-order valence-corrected chi connectivity index (χ1v) is 12.7. The standard InChI is InChI=1S/C28H27F3N2O5/c1-15-32-23-13-33(9-8-25(23)37-15)12-21-19-5-7-24(20(19)4-6-22(21)28(29,30)31)38-17-2-3-18-16(10-27(34)35)14-36-26(18)11-17/h2-4,6,11,13,16,24-25H,5,7-10,12,14H2,1H3,(H,34,35)/t16?,24-,25+/m0/s1. The van der Waals surface area contributed by atoms with E-state index in [1.54, 1.807) is 19.1 Å². The van der Waals surface area contributed by atoms with E-state index in [2.05, 4.69) is 4.99 Å². The summed E-state index contributed by atoms with van der Waals surface area (Å²) in [5.41, 5.74) is 2.69. The molecule has 0 saturated heterocycles. The van der Waals surface area contributed by atoms with Crippen LogP contribution in [0.4, 0.5) is 13.2 Å². The Morgan fingerprint density at radius 1 is 1.21 bits per heavy atom. The number of nitrogens with zero attached hydrogens (tertiary/aromatic N) is 2. The molecule has 200 valence electrons. The van der Waals surface area contributed by atoms with Gasteiger partial charge in [0.2, 0.25) is 0 Å². The SMILES string of the molecule is CC1=NC2=CN(Cc3c(C(F)(F)F)ccc4c3CC[C@@H]4Oc3ccc4c(c3)OCC4CC(=O)O)CC[C@H]2O1. The summed E-state index contributed by atoms with van der Waals surface area (Å²) < 4.78 is 59.8. The third kappa shape index (κ3) is 4.56. The number of hydrogen-bond donors (Lipinski definition) is 1. The zero-order valence-corrected chi connectivity index (χ0v) is 20.8. The number of carboxylic acid groups (broad SMARTS) is 1. The third-order valence-electron chi connectivity index (χ3n) is 7.62. The number of benzene rings is 2. The maximum atomic E-state index is 14.1. The normalized spacial score (nSPS) is 23.6. The molecule has 2 aromatic carbocycles. The lowest BCUT2D eigenvalue weighted by atomic mass is 9.95. The third-order valence-corrected chi connectivity index (χ3v) is 7.62. The largest absolute Gasteiger partial charge is 0.492 e. The number of halogens is 3. The Balaban J connectivity index is 1.26. The molecule has 3 atom stereocenters. The van der Waals surface area contributed by atoms with Crippen LogP contribution in [0.5, 0.6) is 11.5 Å². The monoisotopic (exact) mass is 528 g/mol. The van der Waals surface area contributed by atoms with E-state index in [1.807, 2.05) is 17.2 Å². The van der Waals surface area contributed by atoms with Gasteiger partial charge in [-0.15, -0.1) is 0 Å². The van der Waals surface area contributed by atoms with Gasteiger partial charge < -0.3 is 24.2 Å². The predicted molar refractivity (Wildman–Crippen MR) is 131 cm³/mol. The van der Waals surface area contributed by atoms with Gasteiger partial charge in [0.15, 0.2) is 5.90 Å². The van der Waals surface area contributed by atoms with Crippen LogP contribution in [0.25, 0.3) is 0 Å². The van der Waals surface area contributed by atoms with E-state index >= 15 is 0 Å². The number of alkyl halides is 3. The van der Waals surface area contributed by atoms with Crippen molar-refractivity contribution < 1.29 is 37.3 Å². The van der Waals surface area contributed by atoms with Crippen LogP contribution >= 0.6 is 0 Å². The highest BCUT2D eigenvalue weighted by atomic mass is 19.4. The van der Waals surface area contributed by atoms with Gasteiger partial charge in [-0.2, -0.15) is 13.2 Å². The van der Waals surface area contributed by atoms with Crippen LogP contribution in [0.2, 0.25) is 0 Å². The quantitative estimate of drug-likeness (QED) is 0.527. The van der Waals surface area contributed by atoms with Crippen LogP contribution in [0, 0.1) is 0 Å². The first-order valence-electron chi connectivity index (χ1n) is 12.7.